The van der Waals surface area contributed by atoms with Gasteiger partial charge in [-0.3, -0.25) is 18.8 Å². The van der Waals surface area contributed by atoms with Gasteiger partial charge in [0.05, 0.1) is 23.2 Å². The van der Waals surface area contributed by atoms with Crippen molar-refractivity contribution in [3.63, 3.8) is 0 Å². The number of amides is 1. The topological polar surface area (TPSA) is 200 Å². The van der Waals surface area contributed by atoms with E-state index in [-0.39, 0.29) is 29.5 Å². The number of aromatic nitrogens is 8. The monoisotopic (exact) mass is 894 g/mol. The lowest BCUT2D eigenvalue weighted by atomic mass is 10.1. The first kappa shape index (κ1) is 42.5. The molecule has 2 aliphatic heterocycles. The van der Waals surface area contributed by atoms with E-state index in [1.54, 1.807) is 46.7 Å². The Hall–Kier alpha value is -8.49. The molecule has 0 spiro atoms. The first-order valence-electron chi connectivity index (χ1n) is 21.9. The van der Waals surface area contributed by atoms with Gasteiger partial charge in [0, 0.05) is 37.8 Å². The molecular formula is C50H46N12O5. The third kappa shape index (κ3) is 8.37. The average molecular weight is 895 g/mol. The summed E-state index contributed by atoms with van der Waals surface area (Å²) >= 11 is 0. The molecule has 6 heterocycles. The molecule has 17 nitrogen and oxygen atoms in total. The summed E-state index contributed by atoms with van der Waals surface area (Å²) in [6, 6.07) is 31.6. The summed E-state index contributed by atoms with van der Waals surface area (Å²) in [7, 11) is 0. The van der Waals surface area contributed by atoms with Crippen molar-refractivity contribution >= 4 is 39.7 Å². The van der Waals surface area contributed by atoms with Crippen molar-refractivity contribution in [1.29, 1.82) is 0 Å². The number of nitrogens with two attached hydrogens (primary N) is 2. The fourth-order valence-corrected chi connectivity index (χ4v) is 8.95. The van der Waals surface area contributed by atoms with Crippen LogP contribution >= 0.6 is 0 Å². The van der Waals surface area contributed by atoms with Crippen molar-refractivity contribution in [2.45, 2.75) is 44.5 Å². The third-order valence-corrected chi connectivity index (χ3v) is 12.1. The molecule has 10 rings (SSSR count). The van der Waals surface area contributed by atoms with Crippen LogP contribution in [0.1, 0.15) is 38.3 Å². The van der Waals surface area contributed by atoms with Gasteiger partial charge in [-0.15, -0.1) is 0 Å². The molecule has 1 unspecified atom stereocenters. The summed E-state index contributed by atoms with van der Waals surface area (Å²) in [5.41, 5.74) is 16.1. The maximum Gasteiger partial charge on any atom is 0.335 e. The highest BCUT2D eigenvalue weighted by molar-refractivity contribution is 5.98. The van der Waals surface area contributed by atoms with Crippen molar-refractivity contribution in [1.82, 2.24) is 48.7 Å². The van der Waals surface area contributed by atoms with Crippen LogP contribution in [0.25, 0.3) is 39.1 Å². The van der Waals surface area contributed by atoms with Gasteiger partial charge in [0.15, 0.2) is 23.3 Å². The Kier molecular flexibility index (Phi) is 11.5. The SMILES string of the molecule is C=CC(Oc1cccc(Oc2ccc(-n3c(=O)n([C@@H]4CCN(C(=O)C#CC)C4)c4ncnc(N)c43)cc2)c1)N1CCC[C@@H](n2nc(-c3ccc(Oc4ccccc4)cc3)c3c(N)ncnc32)C1. The van der Waals surface area contributed by atoms with Crippen LogP contribution in [0.5, 0.6) is 28.7 Å². The number of likely N-dealkylation sites (tertiary alicyclic amines) is 2. The Bertz CT molecular complexity index is 3250. The van der Waals surface area contributed by atoms with E-state index in [4.69, 9.17) is 30.8 Å². The predicted molar refractivity (Wildman–Crippen MR) is 254 cm³/mol. The van der Waals surface area contributed by atoms with Crippen molar-refractivity contribution in [3.05, 3.63) is 139 Å². The average Bonchev–Trinajstić information content (AvgIpc) is 4.07. The Morgan fingerprint density at radius 3 is 2.22 bits per heavy atom. The fraction of sp³-hybridized carbons (Fsp3) is 0.220. The zero-order valence-corrected chi connectivity index (χ0v) is 36.6. The summed E-state index contributed by atoms with van der Waals surface area (Å²) in [4.78, 5) is 48.1. The molecule has 17 heteroatoms. The van der Waals surface area contributed by atoms with E-state index < -0.39 is 6.23 Å². The third-order valence-electron chi connectivity index (χ3n) is 12.1. The van der Waals surface area contributed by atoms with Gasteiger partial charge in [-0.25, -0.2) is 29.4 Å². The first-order valence-corrected chi connectivity index (χ1v) is 21.9. The number of fused-ring (bicyclic) bond motifs is 2. The van der Waals surface area contributed by atoms with Crippen LogP contribution in [0.4, 0.5) is 11.6 Å². The van der Waals surface area contributed by atoms with E-state index in [9.17, 15) is 9.59 Å². The van der Waals surface area contributed by atoms with Crippen LogP contribution in [0.15, 0.2) is 133 Å². The predicted octanol–water partition coefficient (Wildman–Crippen LogP) is 7.16. The molecule has 2 fully saturated rings. The molecule has 3 atom stereocenters. The number of piperidine rings is 1. The van der Waals surface area contributed by atoms with Gasteiger partial charge in [-0.05, 0) is 111 Å². The van der Waals surface area contributed by atoms with Gasteiger partial charge in [0.25, 0.3) is 5.91 Å². The maximum atomic E-state index is 14.1. The largest absolute Gasteiger partial charge is 0.471 e. The van der Waals surface area contributed by atoms with Crippen LogP contribution in [0.2, 0.25) is 0 Å². The van der Waals surface area contributed by atoms with Crippen LogP contribution in [0, 0.1) is 11.8 Å². The number of benzene rings is 4. The smallest absolute Gasteiger partial charge is 0.335 e. The number of ether oxygens (including phenoxy) is 3. The number of nitrogen functional groups attached to an aromatic ring is 2. The molecule has 0 aliphatic carbocycles. The number of carbonyl (C=O) groups excluding carboxylic acids is 1. The van der Waals surface area contributed by atoms with E-state index in [1.807, 2.05) is 83.5 Å². The first-order chi connectivity index (χ1) is 32.8. The lowest BCUT2D eigenvalue weighted by molar-refractivity contribution is -0.124. The van der Waals surface area contributed by atoms with Crippen molar-refractivity contribution in [3.8, 4) is 57.5 Å². The van der Waals surface area contributed by atoms with Crippen LogP contribution < -0.4 is 31.4 Å². The molecule has 4 aromatic carbocycles. The second-order valence-corrected chi connectivity index (χ2v) is 16.3. The lowest BCUT2D eigenvalue weighted by Gasteiger charge is -2.36. The molecular weight excluding hydrogens is 849 g/mol. The number of carbonyl (C=O) groups is 1. The number of anilines is 2. The number of hydrogen-bond acceptors (Lipinski definition) is 13. The van der Waals surface area contributed by atoms with Gasteiger partial charge >= 0.3 is 5.69 Å². The van der Waals surface area contributed by atoms with Crippen molar-refractivity contribution < 1.29 is 19.0 Å². The van der Waals surface area contributed by atoms with E-state index in [1.165, 1.54) is 17.2 Å². The molecule has 0 bridgehead atoms. The number of para-hydroxylation sites is 1. The Morgan fingerprint density at radius 1 is 0.776 bits per heavy atom. The highest BCUT2D eigenvalue weighted by Crippen LogP contribution is 2.36. The van der Waals surface area contributed by atoms with Crippen LogP contribution in [0.3, 0.4) is 0 Å². The Labute approximate surface area is 384 Å². The minimum atomic E-state index is -0.454. The summed E-state index contributed by atoms with van der Waals surface area (Å²) in [6.45, 7) is 7.97. The van der Waals surface area contributed by atoms with Gasteiger partial charge in [0.2, 0.25) is 0 Å². The van der Waals surface area contributed by atoms with E-state index in [0.717, 1.165) is 30.7 Å². The molecule has 8 aromatic rings. The van der Waals surface area contributed by atoms with Crippen molar-refractivity contribution in [2.24, 2.45) is 0 Å². The molecule has 4 aromatic heterocycles. The summed E-state index contributed by atoms with van der Waals surface area (Å²) in [6.07, 6.45) is 6.49. The zero-order valence-electron chi connectivity index (χ0n) is 36.6. The van der Waals surface area contributed by atoms with E-state index >= 15 is 0 Å². The van der Waals surface area contributed by atoms with E-state index in [0.29, 0.717) is 88.4 Å². The quantitative estimate of drug-likeness (QED) is 0.0926. The van der Waals surface area contributed by atoms with Gasteiger partial charge < -0.3 is 30.6 Å². The number of hydrogen-bond donors (Lipinski definition) is 2. The minimum Gasteiger partial charge on any atom is -0.471 e. The van der Waals surface area contributed by atoms with Gasteiger partial charge in [-0.2, -0.15) is 5.10 Å². The standard InChI is InChI=1S/C50H46N12O5/c1-3-10-41(63)58-26-24-34(28-58)61-49-45(47(52)54-31-56-49)60(50(61)64)33-18-22-38(23-19-33)66-39-14-8-15-40(27-39)67-42(4-2)59-25-9-11-35(29-59)62-48-43(46(51)53-30-55-48)44(57-62)32-16-20-37(21-17-32)65-36-12-6-5-7-13-36/h4-8,12-23,27,30-31,34-35,42H,2,9,11,24-26,28-29H2,1H3,(H2,51,53,55)(H2,52,54,56)/t34-,35-,42?/m1/s1. The van der Waals surface area contributed by atoms with Gasteiger partial charge in [0.1, 0.15) is 58.4 Å². The molecule has 2 aliphatic rings. The van der Waals surface area contributed by atoms with Crippen molar-refractivity contribution in [2.75, 3.05) is 37.6 Å². The second kappa shape index (κ2) is 18.2. The van der Waals surface area contributed by atoms with E-state index in [2.05, 4.69) is 43.3 Å². The number of imidazole rings is 1. The molecule has 1 amide bonds. The zero-order chi connectivity index (χ0) is 46.0. The summed E-state index contributed by atoms with van der Waals surface area (Å²) in [5, 5.41) is 5.82. The van der Waals surface area contributed by atoms with Crippen LogP contribution in [-0.4, -0.2) is 87.0 Å². The molecule has 336 valence electrons. The highest BCUT2D eigenvalue weighted by atomic mass is 16.5. The molecule has 4 N–H and O–H groups in total. The fourth-order valence-electron chi connectivity index (χ4n) is 8.95. The minimum absolute atomic E-state index is 0.0373. The Balaban J connectivity index is 0.836. The maximum absolute atomic E-state index is 14.1. The molecule has 2 saturated heterocycles. The highest BCUT2D eigenvalue weighted by Gasteiger charge is 2.33. The molecule has 0 radical (unpaired) electrons. The lowest BCUT2D eigenvalue weighted by Crippen LogP contribution is -2.45. The second-order valence-electron chi connectivity index (χ2n) is 16.3. The number of nitrogens with zero attached hydrogens (tertiary/aromatic N) is 10. The normalized spacial score (nSPS) is 16.6. The number of rotatable bonds is 12. The molecule has 0 saturated carbocycles. The van der Waals surface area contributed by atoms with Gasteiger partial charge in [-0.1, -0.05) is 36.8 Å². The molecule has 67 heavy (non-hydrogen) atoms. The van der Waals surface area contributed by atoms with Crippen LogP contribution in [-0.2, 0) is 4.79 Å². The Morgan fingerprint density at radius 2 is 1.46 bits per heavy atom. The summed E-state index contributed by atoms with van der Waals surface area (Å²) in [5.74, 6) is 8.63. The summed E-state index contributed by atoms with van der Waals surface area (Å²) < 4.78 is 24.0.